The van der Waals surface area contributed by atoms with E-state index in [1.807, 2.05) is 0 Å². The summed E-state index contributed by atoms with van der Waals surface area (Å²) in [4.78, 5) is 23.1. The van der Waals surface area contributed by atoms with E-state index in [0.717, 1.165) is 19.5 Å². The normalized spacial score (nSPS) is 17.8. The molecule has 0 aliphatic carbocycles. The summed E-state index contributed by atoms with van der Waals surface area (Å²) in [7, 11) is 1.32. The first-order valence-electron chi connectivity index (χ1n) is 6.15. The molecule has 1 unspecified atom stereocenters. The van der Waals surface area contributed by atoms with Crippen molar-refractivity contribution in [2.75, 3.05) is 25.5 Å². The lowest BCUT2D eigenvalue weighted by atomic mass is 10.2. The molecule has 19 heavy (non-hydrogen) atoms. The van der Waals surface area contributed by atoms with E-state index in [4.69, 9.17) is 0 Å². The topological polar surface area (TPSA) is 79.5 Å². The number of anilines is 1. The Hall–Kier alpha value is -2.08. The first-order valence-corrected chi connectivity index (χ1v) is 6.15. The Morgan fingerprint density at radius 1 is 1.42 bits per heavy atom. The molecule has 6 heteroatoms. The highest BCUT2D eigenvalue weighted by Crippen LogP contribution is 2.11. The van der Waals surface area contributed by atoms with Gasteiger partial charge in [-0.15, -0.1) is 0 Å². The van der Waals surface area contributed by atoms with Crippen LogP contribution >= 0.6 is 0 Å². The van der Waals surface area contributed by atoms with Crippen LogP contribution in [0, 0.1) is 0 Å². The third-order valence-corrected chi connectivity index (χ3v) is 2.94. The van der Waals surface area contributed by atoms with Crippen molar-refractivity contribution in [2.24, 2.45) is 0 Å². The number of carbonyl (C=O) groups excluding carboxylic acids is 2. The van der Waals surface area contributed by atoms with Crippen LogP contribution in [-0.4, -0.2) is 38.2 Å². The van der Waals surface area contributed by atoms with Crippen LogP contribution in [0.3, 0.4) is 0 Å². The molecule has 0 spiro atoms. The maximum absolute atomic E-state index is 11.8. The second-order valence-corrected chi connectivity index (χ2v) is 4.36. The van der Waals surface area contributed by atoms with Gasteiger partial charge in [0.05, 0.1) is 12.7 Å². The van der Waals surface area contributed by atoms with E-state index in [2.05, 4.69) is 20.7 Å². The molecule has 102 valence electrons. The van der Waals surface area contributed by atoms with Gasteiger partial charge in [0, 0.05) is 18.3 Å². The number of nitrogens with one attached hydrogen (secondary N) is 3. The molecule has 0 radical (unpaired) electrons. The van der Waals surface area contributed by atoms with Crippen LogP contribution in [-0.2, 0) is 4.74 Å². The lowest BCUT2D eigenvalue weighted by molar-refractivity contribution is 0.0600. The Morgan fingerprint density at radius 2 is 2.26 bits per heavy atom. The summed E-state index contributed by atoms with van der Waals surface area (Å²) in [6.45, 7) is 1.71. The van der Waals surface area contributed by atoms with Gasteiger partial charge in [-0.2, -0.15) is 0 Å². The monoisotopic (exact) mass is 263 g/mol. The number of amides is 2. The Morgan fingerprint density at radius 3 is 2.95 bits per heavy atom. The Kier molecular flexibility index (Phi) is 4.35. The van der Waals surface area contributed by atoms with E-state index in [-0.39, 0.29) is 12.1 Å². The van der Waals surface area contributed by atoms with Crippen LogP contribution in [0.15, 0.2) is 24.3 Å². The molecule has 1 fully saturated rings. The van der Waals surface area contributed by atoms with Gasteiger partial charge in [-0.3, -0.25) is 0 Å². The molecule has 1 aromatic rings. The summed E-state index contributed by atoms with van der Waals surface area (Å²) in [5.41, 5.74) is 0.967. The Bertz CT molecular complexity index is 470. The molecule has 1 aliphatic rings. The van der Waals surface area contributed by atoms with Crippen LogP contribution in [0.2, 0.25) is 0 Å². The summed E-state index contributed by atoms with van der Waals surface area (Å²) in [5.74, 6) is -0.427. The van der Waals surface area contributed by atoms with Gasteiger partial charge in [0.1, 0.15) is 0 Å². The Labute approximate surface area is 111 Å². The third-order valence-electron chi connectivity index (χ3n) is 2.94. The molecule has 1 saturated heterocycles. The molecule has 6 nitrogen and oxygen atoms in total. The van der Waals surface area contributed by atoms with Crippen molar-refractivity contribution < 1.29 is 14.3 Å². The summed E-state index contributed by atoms with van der Waals surface area (Å²) in [6, 6.07) is 6.52. The van der Waals surface area contributed by atoms with E-state index in [1.165, 1.54) is 7.11 Å². The van der Waals surface area contributed by atoms with Crippen molar-refractivity contribution in [3.63, 3.8) is 0 Å². The molecule has 2 rings (SSSR count). The molecule has 1 heterocycles. The number of urea groups is 1. The maximum atomic E-state index is 11.8. The molecule has 1 aromatic carbocycles. The van der Waals surface area contributed by atoms with Gasteiger partial charge in [0.25, 0.3) is 0 Å². The number of carbonyl (C=O) groups is 2. The standard InChI is InChI=1S/C13H17N3O3/c1-19-12(17)9-3-2-4-10(7-9)15-13(18)16-11-5-6-14-8-11/h2-4,7,11,14H,5-6,8H2,1H3,(H2,15,16,18). The summed E-state index contributed by atoms with van der Waals surface area (Å²) in [5, 5.41) is 8.73. The molecule has 1 atom stereocenters. The highest BCUT2D eigenvalue weighted by molar-refractivity contribution is 5.93. The number of benzene rings is 1. The lowest BCUT2D eigenvalue weighted by Crippen LogP contribution is -2.39. The molecular formula is C13H17N3O3. The van der Waals surface area contributed by atoms with Crippen LogP contribution in [0.25, 0.3) is 0 Å². The third kappa shape index (κ3) is 3.69. The number of esters is 1. The highest BCUT2D eigenvalue weighted by atomic mass is 16.5. The van der Waals surface area contributed by atoms with Crippen LogP contribution in [0.1, 0.15) is 16.8 Å². The highest BCUT2D eigenvalue weighted by Gasteiger charge is 2.16. The average Bonchev–Trinajstić information content (AvgIpc) is 2.90. The number of methoxy groups -OCH3 is 1. The summed E-state index contributed by atoms with van der Waals surface area (Å²) < 4.78 is 4.63. The smallest absolute Gasteiger partial charge is 0.337 e. The minimum Gasteiger partial charge on any atom is -0.465 e. The fourth-order valence-electron chi connectivity index (χ4n) is 1.97. The van der Waals surface area contributed by atoms with Gasteiger partial charge in [-0.25, -0.2) is 9.59 Å². The van der Waals surface area contributed by atoms with Gasteiger partial charge >= 0.3 is 12.0 Å². The SMILES string of the molecule is COC(=O)c1cccc(NC(=O)NC2CCNC2)c1. The van der Waals surface area contributed by atoms with E-state index in [1.54, 1.807) is 24.3 Å². The minimum atomic E-state index is -0.427. The maximum Gasteiger partial charge on any atom is 0.337 e. The van der Waals surface area contributed by atoms with Gasteiger partial charge in [0.15, 0.2) is 0 Å². The zero-order valence-corrected chi connectivity index (χ0v) is 10.7. The van der Waals surface area contributed by atoms with E-state index < -0.39 is 5.97 Å². The lowest BCUT2D eigenvalue weighted by Gasteiger charge is -2.12. The number of hydrogen-bond acceptors (Lipinski definition) is 4. The number of ether oxygens (including phenoxy) is 1. The minimum absolute atomic E-state index is 0.156. The average molecular weight is 263 g/mol. The van der Waals surface area contributed by atoms with Crippen molar-refractivity contribution >= 4 is 17.7 Å². The zero-order valence-electron chi connectivity index (χ0n) is 10.7. The molecule has 3 N–H and O–H groups in total. The predicted octanol–water partition coefficient (Wildman–Crippen LogP) is 0.957. The van der Waals surface area contributed by atoms with Crippen molar-refractivity contribution in [1.82, 2.24) is 10.6 Å². The Balaban J connectivity index is 1.94. The van der Waals surface area contributed by atoms with Crippen LogP contribution < -0.4 is 16.0 Å². The van der Waals surface area contributed by atoms with E-state index in [9.17, 15) is 9.59 Å². The van der Waals surface area contributed by atoms with E-state index in [0.29, 0.717) is 11.3 Å². The van der Waals surface area contributed by atoms with Gasteiger partial charge in [-0.1, -0.05) is 6.07 Å². The van der Waals surface area contributed by atoms with Crippen molar-refractivity contribution in [3.05, 3.63) is 29.8 Å². The number of hydrogen-bond donors (Lipinski definition) is 3. The summed E-state index contributed by atoms with van der Waals surface area (Å²) in [6.07, 6.45) is 0.926. The van der Waals surface area contributed by atoms with Crippen LogP contribution in [0.5, 0.6) is 0 Å². The zero-order chi connectivity index (χ0) is 13.7. The second-order valence-electron chi connectivity index (χ2n) is 4.36. The summed E-state index contributed by atoms with van der Waals surface area (Å²) >= 11 is 0. The predicted molar refractivity (Wildman–Crippen MR) is 71.2 cm³/mol. The molecule has 0 bridgehead atoms. The van der Waals surface area contributed by atoms with Gasteiger partial charge in [0.2, 0.25) is 0 Å². The molecule has 2 amide bonds. The number of rotatable bonds is 3. The second kappa shape index (κ2) is 6.19. The fraction of sp³-hybridized carbons (Fsp3) is 0.385. The van der Waals surface area contributed by atoms with Crippen molar-refractivity contribution in [3.8, 4) is 0 Å². The largest absolute Gasteiger partial charge is 0.465 e. The van der Waals surface area contributed by atoms with Crippen LogP contribution in [0.4, 0.5) is 10.5 Å². The first-order chi connectivity index (χ1) is 9.19. The van der Waals surface area contributed by atoms with Gasteiger partial charge in [-0.05, 0) is 31.2 Å². The molecule has 1 aliphatic heterocycles. The first kappa shape index (κ1) is 13.4. The molecular weight excluding hydrogens is 246 g/mol. The fourth-order valence-corrected chi connectivity index (χ4v) is 1.97. The van der Waals surface area contributed by atoms with E-state index >= 15 is 0 Å². The quantitative estimate of drug-likeness (QED) is 0.710. The van der Waals surface area contributed by atoms with Crippen molar-refractivity contribution in [1.29, 1.82) is 0 Å². The van der Waals surface area contributed by atoms with Crippen molar-refractivity contribution in [2.45, 2.75) is 12.5 Å². The van der Waals surface area contributed by atoms with Gasteiger partial charge < -0.3 is 20.7 Å². The molecule has 0 saturated carbocycles. The molecule has 0 aromatic heterocycles.